The SMILES string of the molecule is CCCc1ccc(N2C[C@H](C(=O)NCc3ccc(OC)c(O)c3)CC2=O)cc1. The minimum Gasteiger partial charge on any atom is -0.504 e. The number of hydrogen-bond acceptors (Lipinski definition) is 4. The Kier molecular flexibility index (Phi) is 6.19. The Morgan fingerprint density at radius 2 is 1.93 bits per heavy atom. The van der Waals surface area contributed by atoms with Crippen LogP contribution in [0.1, 0.15) is 30.9 Å². The van der Waals surface area contributed by atoms with Crippen molar-refractivity contribution in [1.82, 2.24) is 5.32 Å². The van der Waals surface area contributed by atoms with Gasteiger partial charge in [0.25, 0.3) is 0 Å². The maximum absolute atomic E-state index is 12.5. The number of benzene rings is 2. The molecule has 0 bridgehead atoms. The number of amides is 2. The van der Waals surface area contributed by atoms with Crippen LogP contribution >= 0.6 is 0 Å². The van der Waals surface area contributed by atoms with Crippen LogP contribution in [0.25, 0.3) is 0 Å². The van der Waals surface area contributed by atoms with E-state index in [9.17, 15) is 14.7 Å². The number of nitrogens with zero attached hydrogens (tertiary/aromatic N) is 1. The van der Waals surface area contributed by atoms with E-state index < -0.39 is 0 Å². The van der Waals surface area contributed by atoms with E-state index in [4.69, 9.17) is 4.74 Å². The topological polar surface area (TPSA) is 78.9 Å². The summed E-state index contributed by atoms with van der Waals surface area (Å²) in [5.74, 6) is -0.158. The lowest BCUT2D eigenvalue weighted by Gasteiger charge is -2.17. The summed E-state index contributed by atoms with van der Waals surface area (Å²) in [5.41, 5.74) is 2.84. The summed E-state index contributed by atoms with van der Waals surface area (Å²) in [6.07, 6.45) is 2.30. The number of methoxy groups -OCH3 is 1. The number of aryl methyl sites for hydroxylation is 1. The molecule has 0 saturated carbocycles. The third-order valence-corrected chi connectivity index (χ3v) is 4.99. The first kappa shape index (κ1) is 19.7. The molecular formula is C22H26N2O4. The molecule has 3 rings (SSSR count). The van der Waals surface area contributed by atoms with E-state index in [1.807, 2.05) is 24.3 Å². The van der Waals surface area contributed by atoms with Gasteiger partial charge in [0, 0.05) is 25.2 Å². The van der Waals surface area contributed by atoms with Gasteiger partial charge in [-0.3, -0.25) is 9.59 Å². The van der Waals surface area contributed by atoms with Gasteiger partial charge in [0.1, 0.15) is 0 Å². The molecule has 0 radical (unpaired) electrons. The van der Waals surface area contributed by atoms with Gasteiger partial charge >= 0.3 is 0 Å². The highest BCUT2D eigenvalue weighted by molar-refractivity contribution is 6.00. The van der Waals surface area contributed by atoms with Gasteiger partial charge in [-0.25, -0.2) is 0 Å². The van der Waals surface area contributed by atoms with Gasteiger partial charge in [-0.2, -0.15) is 0 Å². The summed E-state index contributed by atoms with van der Waals surface area (Å²) >= 11 is 0. The second-order valence-electron chi connectivity index (χ2n) is 7.05. The first-order valence-electron chi connectivity index (χ1n) is 9.54. The molecular weight excluding hydrogens is 356 g/mol. The van der Waals surface area contributed by atoms with Crippen LogP contribution in [0, 0.1) is 5.92 Å². The monoisotopic (exact) mass is 382 g/mol. The van der Waals surface area contributed by atoms with Gasteiger partial charge in [-0.15, -0.1) is 0 Å². The van der Waals surface area contributed by atoms with Crippen LogP contribution < -0.4 is 15.0 Å². The van der Waals surface area contributed by atoms with Crippen LogP contribution in [0.3, 0.4) is 0 Å². The van der Waals surface area contributed by atoms with Crippen molar-refractivity contribution in [1.29, 1.82) is 0 Å². The molecule has 6 heteroatoms. The van der Waals surface area contributed by atoms with Crippen LogP contribution in [0.4, 0.5) is 5.69 Å². The smallest absolute Gasteiger partial charge is 0.227 e. The van der Waals surface area contributed by atoms with Gasteiger partial charge in [-0.1, -0.05) is 31.5 Å². The molecule has 1 aliphatic rings. The van der Waals surface area contributed by atoms with Crippen molar-refractivity contribution >= 4 is 17.5 Å². The van der Waals surface area contributed by atoms with Crippen molar-refractivity contribution < 1.29 is 19.4 Å². The third-order valence-electron chi connectivity index (χ3n) is 4.99. The minimum atomic E-state index is -0.380. The van der Waals surface area contributed by atoms with E-state index in [2.05, 4.69) is 12.2 Å². The summed E-state index contributed by atoms with van der Waals surface area (Å²) in [7, 11) is 1.48. The predicted molar refractivity (Wildman–Crippen MR) is 107 cm³/mol. The summed E-state index contributed by atoms with van der Waals surface area (Å²) in [6, 6.07) is 13.0. The molecule has 1 saturated heterocycles. The molecule has 0 unspecified atom stereocenters. The predicted octanol–water partition coefficient (Wildman–Crippen LogP) is 3.02. The summed E-state index contributed by atoms with van der Waals surface area (Å²) < 4.78 is 5.01. The van der Waals surface area contributed by atoms with Crippen LogP contribution in [0.2, 0.25) is 0 Å². The standard InChI is InChI=1S/C22H26N2O4/c1-3-4-15-5-8-18(9-6-15)24-14-17(12-21(24)26)22(27)23-13-16-7-10-20(28-2)19(25)11-16/h5-11,17,25H,3-4,12-14H2,1-2H3,(H,23,27)/t17-/m1/s1. The van der Waals surface area contributed by atoms with E-state index in [1.165, 1.54) is 12.7 Å². The molecule has 0 aromatic heterocycles. The van der Waals surface area contributed by atoms with Crippen LogP contribution in [-0.2, 0) is 22.6 Å². The van der Waals surface area contributed by atoms with E-state index in [1.54, 1.807) is 23.1 Å². The molecule has 1 fully saturated rings. The Bertz CT molecular complexity index is 848. The molecule has 2 aromatic carbocycles. The quantitative estimate of drug-likeness (QED) is 0.772. The number of carbonyl (C=O) groups excluding carboxylic acids is 2. The number of rotatable bonds is 7. The van der Waals surface area contributed by atoms with Crippen LogP contribution in [0.15, 0.2) is 42.5 Å². The van der Waals surface area contributed by atoms with Gasteiger partial charge in [0.15, 0.2) is 11.5 Å². The fraction of sp³-hybridized carbons (Fsp3) is 0.364. The number of carbonyl (C=O) groups is 2. The van der Waals surface area contributed by atoms with Crippen molar-refractivity contribution in [3.8, 4) is 11.5 Å². The van der Waals surface area contributed by atoms with Gasteiger partial charge in [0.2, 0.25) is 11.8 Å². The minimum absolute atomic E-state index is 0.0305. The van der Waals surface area contributed by atoms with E-state index >= 15 is 0 Å². The maximum Gasteiger partial charge on any atom is 0.227 e. The molecule has 1 atom stereocenters. The van der Waals surface area contributed by atoms with Crippen molar-refractivity contribution in [3.63, 3.8) is 0 Å². The van der Waals surface area contributed by atoms with Crippen LogP contribution in [0.5, 0.6) is 11.5 Å². The molecule has 148 valence electrons. The lowest BCUT2D eigenvalue weighted by Crippen LogP contribution is -2.32. The van der Waals surface area contributed by atoms with Gasteiger partial charge in [0.05, 0.1) is 13.0 Å². The Balaban J connectivity index is 1.58. The van der Waals surface area contributed by atoms with Crippen molar-refractivity contribution in [2.24, 2.45) is 5.92 Å². The molecule has 0 spiro atoms. The second kappa shape index (κ2) is 8.78. The van der Waals surface area contributed by atoms with Crippen LogP contribution in [-0.4, -0.2) is 30.6 Å². The molecule has 2 aromatic rings. The molecule has 0 aliphatic carbocycles. The number of nitrogens with one attached hydrogen (secondary N) is 1. The Morgan fingerprint density at radius 1 is 1.21 bits per heavy atom. The van der Waals surface area contributed by atoms with Crippen molar-refractivity contribution in [2.75, 3.05) is 18.6 Å². The maximum atomic E-state index is 12.5. The number of anilines is 1. The molecule has 6 nitrogen and oxygen atoms in total. The van der Waals surface area contributed by atoms with Crippen molar-refractivity contribution in [2.45, 2.75) is 32.7 Å². The summed E-state index contributed by atoms with van der Waals surface area (Å²) in [6.45, 7) is 2.80. The zero-order chi connectivity index (χ0) is 20.1. The zero-order valence-corrected chi connectivity index (χ0v) is 16.3. The Morgan fingerprint density at radius 3 is 2.57 bits per heavy atom. The second-order valence-corrected chi connectivity index (χ2v) is 7.05. The fourth-order valence-corrected chi connectivity index (χ4v) is 3.44. The lowest BCUT2D eigenvalue weighted by molar-refractivity contribution is -0.126. The molecule has 1 heterocycles. The average molecular weight is 382 g/mol. The van der Waals surface area contributed by atoms with E-state index in [0.29, 0.717) is 12.3 Å². The van der Waals surface area contributed by atoms with E-state index in [0.717, 1.165) is 24.1 Å². The largest absolute Gasteiger partial charge is 0.504 e. The molecule has 2 amide bonds. The molecule has 28 heavy (non-hydrogen) atoms. The fourth-order valence-electron chi connectivity index (χ4n) is 3.44. The normalized spacial score (nSPS) is 16.3. The summed E-state index contributed by atoms with van der Waals surface area (Å²) in [4.78, 5) is 26.6. The number of aromatic hydroxyl groups is 1. The number of phenols is 1. The highest BCUT2D eigenvalue weighted by Crippen LogP contribution is 2.27. The third kappa shape index (κ3) is 4.44. The molecule has 1 aliphatic heterocycles. The first-order valence-corrected chi connectivity index (χ1v) is 9.54. The average Bonchev–Trinajstić information content (AvgIpc) is 3.09. The Hall–Kier alpha value is -3.02. The van der Waals surface area contributed by atoms with Crippen molar-refractivity contribution in [3.05, 3.63) is 53.6 Å². The molecule has 2 N–H and O–H groups in total. The van der Waals surface area contributed by atoms with Gasteiger partial charge < -0.3 is 20.1 Å². The Labute approximate surface area is 165 Å². The highest BCUT2D eigenvalue weighted by Gasteiger charge is 2.34. The highest BCUT2D eigenvalue weighted by atomic mass is 16.5. The van der Waals surface area contributed by atoms with Gasteiger partial charge in [-0.05, 0) is 41.8 Å². The van der Waals surface area contributed by atoms with E-state index in [-0.39, 0.29) is 36.4 Å². The lowest BCUT2D eigenvalue weighted by atomic mass is 10.1. The number of phenolic OH excluding ortho intramolecular Hbond substituents is 1. The zero-order valence-electron chi connectivity index (χ0n) is 16.3. The first-order chi connectivity index (χ1) is 13.5. The number of ether oxygens (including phenoxy) is 1. The number of hydrogen-bond donors (Lipinski definition) is 2. The summed E-state index contributed by atoms with van der Waals surface area (Å²) in [5, 5.41) is 12.7.